The maximum Gasteiger partial charge on any atom is 0.229 e. The molecule has 0 aliphatic rings. The van der Waals surface area contributed by atoms with Crippen LogP contribution in [0.15, 0.2) is 24.3 Å². The number of nitrogens with one attached hydrogen (secondary N) is 1. The van der Waals surface area contributed by atoms with Crippen molar-refractivity contribution in [3.63, 3.8) is 0 Å². The van der Waals surface area contributed by atoms with Gasteiger partial charge in [0.25, 0.3) is 0 Å². The second kappa shape index (κ2) is 4.14. The first-order valence-corrected chi connectivity index (χ1v) is 8.66. The Kier molecular flexibility index (Phi) is 3.33. The molecule has 1 aromatic rings. The van der Waals surface area contributed by atoms with Gasteiger partial charge in [0, 0.05) is 5.69 Å². The van der Waals surface area contributed by atoms with E-state index in [0.29, 0.717) is 5.69 Å². The van der Waals surface area contributed by atoms with Gasteiger partial charge in [-0.25, -0.2) is 8.42 Å². The van der Waals surface area contributed by atoms with Gasteiger partial charge in [0.05, 0.1) is 15.1 Å². The number of hydrogen-bond donors (Lipinski definition) is 1. The van der Waals surface area contributed by atoms with Crippen molar-refractivity contribution in [3.8, 4) is 0 Å². The number of hydrogen-bond acceptors (Lipinski definition) is 2. The van der Waals surface area contributed by atoms with E-state index >= 15 is 0 Å². The van der Waals surface area contributed by atoms with Gasteiger partial charge < -0.3 is 0 Å². The summed E-state index contributed by atoms with van der Waals surface area (Å²) < 4.78 is 24.4. The largest absolute Gasteiger partial charge is 0.284 e. The molecular formula is C9H14NO2SSi. The van der Waals surface area contributed by atoms with Crippen LogP contribution in [0, 0.1) is 0 Å². The van der Waals surface area contributed by atoms with E-state index < -0.39 is 18.8 Å². The molecule has 1 N–H and O–H groups in total. The van der Waals surface area contributed by atoms with Crippen LogP contribution >= 0.6 is 0 Å². The summed E-state index contributed by atoms with van der Waals surface area (Å²) in [7, 11) is -3.68. The summed E-state index contributed by atoms with van der Waals surface area (Å²) in [6, 6.07) is 7.56. The summed E-state index contributed by atoms with van der Waals surface area (Å²) in [5, 5.41) is 1.23. The van der Waals surface area contributed by atoms with Crippen LogP contribution in [0.1, 0.15) is 0 Å². The van der Waals surface area contributed by atoms with E-state index in [2.05, 4.69) is 17.8 Å². The van der Waals surface area contributed by atoms with Crippen LogP contribution in [0.3, 0.4) is 0 Å². The lowest BCUT2D eigenvalue weighted by Crippen LogP contribution is -2.23. The molecule has 77 valence electrons. The Labute approximate surface area is 86.8 Å². The third-order valence-electron chi connectivity index (χ3n) is 1.74. The molecule has 0 fully saturated rings. The van der Waals surface area contributed by atoms with Crippen molar-refractivity contribution in [3.05, 3.63) is 24.3 Å². The summed E-state index contributed by atoms with van der Waals surface area (Å²) in [6.45, 7) is 4.34. The van der Waals surface area contributed by atoms with E-state index in [9.17, 15) is 8.42 Å². The fourth-order valence-corrected chi connectivity index (χ4v) is 2.54. The molecule has 0 amide bonds. The van der Waals surface area contributed by atoms with Crippen LogP contribution in [0.4, 0.5) is 5.69 Å². The van der Waals surface area contributed by atoms with Crippen molar-refractivity contribution < 1.29 is 8.42 Å². The van der Waals surface area contributed by atoms with Gasteiger partial charge in [0.15, 0.2) is 0 Å². The third kappa shape index (κ3) is 3.51. The molecule has 3 nitrogen and oxygen atoms in total. The van der Waals surface area contributed by atoms with Crippen LogP contribution < -0.4 is 9.91 Å². The van der Waals surface area contributed by atoms with E-state index in [1.54, 1.807) is 6.07 Å². The highest BCUT2D eigenvalue weighted by atomic mass is 32.2. The molecular weight excluding hydrogens is 214 g/mol. The van der Waals surface area contributed by atoms with Crippen LogP contribution in [0.5, 0.6) is 0 Å². The van der Waals surface area contributed by atoms with Gasteiger partial charge in [0.2, 0.25) is 10.0 Å². The van der Waals surface area contributed by atoms with Gasteiger partial charge in [-0.3, -0.25) is 4.72 Å². The van der Waals surface area contributed by atoms with Crippen LogP contribution in [-0.4, -0.2) is 23.5 Å². The predicted octanol–water partition coefficient (Wildman–Crippen LogP) is 1.02. The van der Waals surface area contributed by atoms with Crippen molar-refractivity contribution in [2.45, 2.75) is 13.1 Å². The third-order valence-corrected chi connectivity index (χ3v) is 3.82. The number of benzene rings is 1. The average molecular weight is 228 g/mol. The summed E-state index contributed by atoms with van der Waals surface area (Å²) in [6.07, 6.45) is 1.16. The molecule has 0 saturated heterocycles. The smallest absolute Gasteiger partial charge is 0.229 e. The Balaban J connectivity index is 2.95. The van der Waals surface area contributed by atoms with Crippen molar-refractivity contribution in [2.75, 3.05) is 11.0 Å². The summed E-state index contributed by atoms with van der Waals surface area (Å²) in [4.78, 5) is 0. The van der Waals surface area contributed by atoms with Crippen LogP contribution in [0.25, 0.3) is 0 Å². The monoisotopic (exact) mass is 228 g/mol. The Morgan fingerprint density at radius 1 is 1.29 bits per heavy atom. The molecule has 0 aliphatic carbocycles. The van der Waals surface area contributed by atoms with Gasteiger partial charge in [-0.1, -0.05) is 30.4 Å². The van der Waals surface area contributed by atoms with Crippen LogP contribution in [-0.2, 0) is 10.0 Å². The molecule has 0 saturated carbocycles. The lowest BCUT2D eigenvalue weighted by molar-refractivity contribution is 0.607. The Hall–Kier alpha value is -0.813. The number of sulfonamides is 1. The summed E-state index contributed by atoms with van der Waals surface area (Å²) in [5.74, 6) is 0. The zero-order valence-electron chi connectivity index (χ0n) is 8.53. The number of rotatable bonds is 3. The van der Waals surface area contributed by atoms with E-state index in [1.807, 2.05) is 18.2 Å². The van der Waals surface area contributed by atoms with E-state index in [1.165, 1.54) is 5.19 Å². The van der Waals surface area contributed by atoms with E-state index in [0.717, 1.165) is 6.26 Å². The molecule has 1 aromatic carbocycles. The van der Waals surface area contributed by atoms with Crippen LogP contribution in [0.2, 0.25) is 13.1 Å². The standard InChI is InChI=1S/C9H14NO2SSi/c1-13(11,12)10-8-5-4-6-9(7-8)14(2)3/h4-7,10H,1-3H3. The quantitative estimate of drug-likeness (QED) is 0.785. The number of anilines is 1. The minimum absolute atomic E-state index is 0.524. The maximum atomic E-state index is 11.0. The highest BCUT2D eigenvalue weighted by Crippen LogP contribution is 2.06. The maximum absolute atomic E-state index is 11.0. The molecule has 0 heterocycles. The molecule has 0 bridgehead atoms. The van der Waals surface area contributed by atoms with Crippen molar-refractivity contribution in [2.24, 2.45) is 0 Å². The second-order valence-corrected chi connectivity index (χ2v) is 7.78. The lowest BCUT2D eigenvalue weighted by atomic mass is 10.3. The molecule has 0 aliphatic heterocycles. The Morgan fingerprint density at radius 3 is 2.43 bits per heavy atom. The first-order chi connectivity index (χ1) is 6.38. The summed E-state index contributed by atoms with van der Waals surface area (Å²) >= 11 is 0. The van der Waals surface area contributed by atoms with Crippen molar-refractivity contribution >= 4 is 29.7 Å². The van der Waals surface area contributed by atoms with Gasteiger partial charge in [-0.05, 0) is 12.1 Å². The SMILES string of the molecule is C[Si](C)c1cccc(NS(C)(=O)=O)c1. The fourth-order valence-electron chi connectivity index (χ4n) is 1.11. The predicted molar refractivity (Wildman–Crippen MR) is 62.0 cm³/mol. The second-order valence-electron chi connectivity index (χ2n) is 3.46. The van der Waals surface area contributed by atoms with Gasteiger partial charge >= 0.3 is 0 Å². The van der Waals surface area contributed by atoms with Gasteiger partial charge in [-0.15, -0.1) is 0 Å². The molecule has 0 unspecified atom stereocenters. The Bertz CT molecular complexity index is 415. The summed E-state index contributed by atoms with van der Waals surface area (Å²) in [5.41, 5.74) is 0.649. The molecule has 0 aromatic heterocycles. The first-order valence-electron chi connectivity index (χ1n) is 4.27. The van der Waals surface area contributed by atoms with E-state index in [4.69, 9.17) is 0 Å². The van der Waals surface area contributed by atoms with Gasteiger partial charge in [-0.2, -0.15) is 0 Å². The van der Waals surface area contributed by atoms with Gasteiger partial charge in [0.1, 0.15) is 0 Å². The fraction of sp³-hybridized carbons (Fsp3) is 0.333. The topological polar surface area (TPSA) is 46.2 Å². The zero-order valence-corrected chi connectivity index (χ0v) is 10.4. The van der Waals surface area contributed by atoms with Crippen molar-refractivity contribution in [1.82, 2.24) is 0 Å². The highest BCUT2D eigenvalue weighted by molar-refractivity contribution is 7.92. The normalized spacial score (nSPS) is 11.7. The minimum Gasteiger partial charge on any atom is -0.284 e. The molecule has 1 rings (SSSR count). The average Bonchev–Trinajstić information content (AvgIpc) is 2.01. The molecule has 5 heteroatoms. The highest BCUT2D eigenvalue weighted by Gasteiger charge is 2.04. The molecule has 0 atom stereocenters. The lowest BCUT2D eigenvalue weighted by Gasteiger charge is -2.07. The molecule has 1 radical (unpaired) electrons. The first kappa shape index (κ1) is 11.3. The van der Waals surface area contributed by atoms with E-state index in [-0.39, 0.29) is 0 Å². The molecule has 14 heavy (non-hydrogen) atoms. The zero-order chi connectivity index (χ0) is 10.8. The molecule has 0 spiro atoms. The Morgan fingerprint density at radius 2 is 1.93 bits per heavy atom. The van der Waals surface area contributed by atoms with Crippen molar-refractivity contribution in [1.29, 1.82) is 0 Å². The minimum atomic E-state index is -3.16.